The van der Waals surface area contributed by atoms with Crippen molar-refractivity contribution in [3.8, 4) is 0 Å². The minimum Gasteiger partial charge on any atom is -0.356 e. The maximum atomic E-state index is 12.1. The summed E-state index contributed by atoms with van der Waals surface area (Å²) >= 11 is 0. The first-order valence-electron chi connectivity index (χ1n) is 8.84. The zero-order valence-electron chi connectivity index (χ0n) is 14.6. The Balaban J connectivity index is 0.00000243. The summed E-state index contributed by atoms with van der Waals surface area (Å²) in [5.74, 6) is 0.547. The molecule has 0 aliphatic carbocycles. The Morgan fingerprint density at radius 3 is 2.85 bits per heavy atom. The van der Waals surface area contributed by atoms with E-state index >= 15 is 0 Å². The molecular formula is C18H25ClN4O3. The Morgan fingerprint density at radius 2 is 2.08 bits per heavy atom. The number of rotatable bonds is 6. The van der Waals surface area contributed by atoms with Gasteiger partial charge >= 0.3 is 5.69 Å². The molecule has 1 aliphatic rings. The third-order valence-electron chi connectivity index (χ3n) is 4.74. The normalized spacial score (nSPS) is 16.8. The maximum absolute atomic E-state index is 12.1. The van der Waals surface area contributed by atoms with Crippen LogP contribution in [0.2, 0.25) is 0 Å². The zero-order valence-corrected chi connectivity index (χ0v) is 15.4. The standard InChI is InChI=1S/C18H24N4O3.ClH/c23-16(20-10-7-13-4-3-9-19-12-13)8-11-22-15-6-2-1-5-14(15)17(24)21-18(22)25;/h1-2,5-6,13,19H,3-4,7-12H2,(H,20,23)(H,21,24,25);1H. The maximum Gasteiger partial charge on any atom is 0.328 e. The summed E-state index contributed by atoms with van der Waals surface area (Å²) in [6.07, 6.45) is 3.58. The van der Waals surface area contributed by atoms with Crippen LogP contribution < -0.4 is 21.9 Å². The fourth-order valence-electron chi connectivity index (χ4n) is 3.35. The summed E-state index contributed by atoms with van der Waals surface area (Å²) < 4.78 is 1.45. The zero-order chi connectivity index (χ0) is 17.6. The molecule has 1 saturated heterocycles. The Bertz CT molecular complexity index is 855. The number of piperidine rings is 1. The molecule has 3 N–H and O–H groups in total. The van der Waals surface area contributed by atoms with Gasteiger partial charge in [0, 0.05) is 19.5 Å². The first kappa shape index (κ1) is 20.2. The molecule has 1 aromatic heterocycles. The number of fused-ring (bicyclic) bond motifs is 1. The molecule has 2 heterocycles. The number of benzene rings is 1. The molecule has 2 aromatic rings. The average molecular weight is 381 g/mol. The molecule has 1 amide bonds. The van der Waals surface area contributed by atoms with Gasteiger partial charge in [-0.25, -0.2) is 4.79 Å². The minimum absolute atomic E-state index is 0. The summed E-state index contributed by atoms with van der Waals surface area (Å²) in [5, 5.41) is 6.74. The Kier molecular flexibility index (Phi) is 7.41. The van der Waals surface area contributed by atoms with Crippen LogP contribution in [0.1, 0.15) is 25.7 Å². The Labute approximate surface area is 157 Å². The van der Waals surface area contributed by atoms with Crippen LogP contribution >= 0.6 is 12.4 Å². The highest BCUT2D eigenvalue weighted by atomic mass is 35.5. The van der Waals surface area contributed by atoms with Crippen LogP contribution in [0.25, 0.3) is 10.9 Å². The van der Waals surface area contributed by atoms with E-state index in [4.69, 9.17) is 0 Å². The lowest BCUT2D eigenvalue weighted by Gasteiger charge is -2.22. The van der Waals surface area contributed by atoms with Crippen molar-refractivity contribution in [1.82, 2.24) is 20.2 Å². The van der Waals surface area contributed by atoms with Crippen molar-refractivity contribution in [1.29, 1.82) is 0 Å². The highest BCUT2D eigenvalue weighted by Gasteiger charge is 2.13. The predicted octanol–water partition coefficient (Wildman–Crippen LogP) is 1.01. The molecular weight excluding hydrogens is 356 g/mol. The predicted molar refractivity (Wildman–Crippen MR) is 104 cm³/mol. The molecule has 0 saturated carbocycles. The third-order valence-corrected chi connectivity index (χ3v) is 4.74. The van der Waals surface area contributed by atoms with E-state index in [9.17, 15) is 14.4 Å². The number of H-pyrrole nitrogens is 1. The van der Waals surface area contributed by atoms with E-state index < -0.39 is 11.2 Å². The van der Waals surface area contributed by atoms with Crippen LogP contribution in [0.5, 0.6) is 0 Å². The van der Waals surface area contributed by atoms with Crippen LogP contribution in [0.3, 0.4) is 0 Å². The number of para-hydroxylation sites is 1. The number of aryl methyl sites for hydroxylation is 1. The van der Waals surface area contributed by atoms with Gasteiger partial charge in [0.05, 0.1) is 10.9 Å². The van der Waals surface area contributed by atoms with Crippen LogP contribution in [0.4, 0.5) is 0 Å². The highest BCUT2D eigenvalue weighted by Crippen LogP contribution is 2.13. The molecule has 26 heavy (non-hydrogen) atoms. The lowest BCUT2D eigenvalue weighted by molar-refractivity contribution is -0.121. The Hall–Kier alpha value is -2.12. The first-order valence-corrected chi connectivity index (χ1v) is 8.84. The van der Waals surface area contributed by atoms with E-state index in [1.807, 2.05) is 0 Å². The number of hydrogen-bond donors (Lipinski definition) is 3. The number of nitrogens with one attached hydrogen (secondary N) is 3. The van der Waals surface area contributed by atoms with Crippen molar-refractivity contribution in [3.63, 3.8) is 0 Å². The molecule has 0 radical (unpaired) electrons. The van der Waals surface area contributed by atoms with Crippen LogP contribution in [-0.4, -0.2) is 35.1 Å². The van der Waals surface area contributed by atoms with E-state index in [1.54, 1.807) is 24.3 Å². The second kappa shape index (κ2) is 9.54. The van der Waals surface area contributed by atoms with Crippen molar-refractivity contribution < 1.29 is 4.79 Å². The summed E-state index contributed by atoms with van der Waals surface area (Å²) in [6, 6.07) is 6.91. The molecule has 7 nitrogen and oxygen atoms in total. The van der Waals surface area contributed by atoms with Gasteiger partial charge in [-0.1, -0.05) is 12.1 Å². The van der Waals surface area contributed by atoms with E-state index in [1.165, 1.54) is 17.4 Å². The van der Waals surface area contributed by atoms with Gasteiger partial charge < -0.3 is 10.6 Å². The first-order chi connectivity index (χ1) is 12.1. The van der Waals surface area contributed by atoms with Crippen LogP contribution in [-0.2, 0) is 11.3 Å². The van der Waals surface area contributed by atoms with Gasteiger partial charge in [-0.05, 0) is 50.4 Å². The minimum atomic E-state index is -0.482. The molecule has 1 aromatic carbocycles. The molecule has 142 valence electrons. The number of nitrogens with zero attached hydrogens (tertiary/aromatic N) is 1. The highest BCUT2D eigenvalue weighted by molar-refractivity contribution is 5.85. The number of halogens is 1. The summed E-state index contributed by atoms with van der Waals surface area (Å²) in [4.78, 5) is 38.2. The van der Waals surface area contributed by atoms with E-state index in [0.717, 1.165) is 19.5 Å². The molecule has 8 heteroatoms. The van der Waals surface area contributed by atoms with Crippen molar-refractivity contribution in [2.45, 2.75) is 32.2 Å². The van der Waals surface area contributed by atoms with Gasteiger partial charge in [0.2, 0.25) is 5.91 Å². The lowest BCUT2D eigenvalue weighted by Crippen LogP contribution is -2.34. The topological polar surface area (TPSA) is 96.0 Å². The van der Waals surface area contributed by atoms with Gasteiger partial charge in [0.1, 0.15) is 0 Å². The number of carbonyl (C=O) groups excluding carboxylic acids is 1. The average Bonchev–Trinajstić information content (AvgIpc) is 2.62. The fourth-order valence-corrected chi connectivity index (χ4v) is 3.35. The quantitative estimate of drug-likeness (QED) is 0.696. The summed E-state index contributed by atoms with van der Waals surface area (Å²) in [6.45, 7) is 3.01. The number of amides is 1. The summed E-state index contributed by atoms with van der Waals surface area (Å²) in [5.41, 5.74) is -0.329. The second-order valence-electron chi connectivity index (χ2n) is 6.53. The smallest absolute Gasteiger partial charge is 0.328 e. The van der Waals surface area contributed by atoms with E-state index in [-0.39, 0.29) is 31.3 Å². The number of aromatic nitrogens is 2. The van der Waals surface area contributed by atoms with Crippen LogP contribution in [0.15, 0.2) is 33.9 Å². The second-order valence-corrected chi connectivity index (χ2v) is 6.53. The molecule has 0 spiro atoms. The molecule has 0 bridgehead atoms. The number of aromatic amines is 1. The van der Waals surface area contributed by atoms with Gasteiger partial charge in [-0.2, -0.15) is 0 Å². The van der Waals surface area contributed by atoms with Crippen molar-refractivity contribution in [2.24, 2.45) is 5.92 Å². The van der Waals surface area contributed by atoms with Gasteiger partial charge in [-0.3, -0.25) is 19.1 Å². The lowest BCUT2D eigenvalue weighted by atomic mass is 9.96. The monoisotopic (exact) mass is 380 g/mol. The van der Waals surface area contributed by atoms with Gasteiger partial charge in [0.25, 0.3) is 5.56 Å². The van der Waals surface area contributed by atoms with E-state index in [2.05, 4.69) is 15.6 Å². The molecule has 1 unspecified atom stereocenters. The number of carbonyl (C=O) groups is 1. The largest absolute Gasteiger partial charge is 0.356 e. The SMILES string of the molecule is Cl.O=C(CCn1c(=O)[nH]c(=O)c2ccccc21)NCCC1CCCNC1. The van der Waals surface area contributed by atoms with Gasteiger partial charge in [-0.15, -0.1) is 12.4 Å². The number of hydrogen-bond acceptors (Lipinski definition) is 4. The van der Waals surface area contributed by atoms with Crippen molar-refractivity contribution in [2.75, 3.05) is 19.6 Å². The molecule has 1 fully saturated rings. The molecule has 3 rings (SSSR count). The van der Waals surface area contributed by atoms with Crippen molar-refractivity contribution >= 4 is 29.2 Å². The third kappa shape index (κ3) is 4.95. The Morgan fingerprint density at radius 1 is 1.27 bits per heavy atom. The van der Waals surface area contributed by atoms with E-state index in [0.29, 0.717) is 23.4 Å². The van der Waals surface area contributed by atoms with Crippen LogP contribution in [0, 0.1) is 5.92 Å². The van der Waals surface area contributed by atoms with Crippen molar-refractivity contribution in [3.05, 3.63) is 45.1 Å². The summed E-state index contributed by atoms with van der Waals surface area (Å²) in [7, 11) is 0. The molecule has 1 atom stereocenters. The molecule has 1 aliphatic heterocycles. The fraction of sp³-hybridized carbons (Fsp3) is 0.500. The van der Waals surface area contributed by atoms with Gasteiger partial charge in [0.15, 0.2) is 0 Å².